The highest BCUT2D eigenvalue weighted by Crippen LogP contribution is 2.19. The maximum atomic E-state index is 12.5. The maximum Gasteiger partial charge on any atom is 0.224 e. The number of hydrogen-bond acceptors (Lipinski definition) is 3. The van der Waals surface area contributed by atoms with Gasteiger partial charge in [0.15, 0.2) is 0 Å². The monoisotopic (exact) mass is 322 g/mol. The Morgan fingerprint density at radius 3 is 2.71 bits per heavy atom. The van der Waals surface area contributed by atoms with E-state index in [1.165, 1.54) is 0 Å². The number of aromatic nitrogens is 3. The Bertz CT molecular complexity index is 806. The largest absolute Gasteiger partial charge is 0.351 e. The van der Waals surface area contributed by atoms with Crippen molar-refractivity contribution >= 4 is 16.7 Å². The van der Waals surface area contributed by atoms with Gasteiger partial charge in [-0.15, -0.1) is 5.10 Å². The Hall–Kier alpha value is -2.69. The van der Waals surface area contributed by atoms with Crippen molar-refractivity contribution < 1.29 is 4.79 Å². The molecule has 2 aromatic carbocycles. The molecule has 0 saturated heterocycles. The summed E-state index contributed by atoms with van der Waals surface area (Å²) in [5.74, 6) is 0.343. The third kappa shape index (κ3) is 3.79. The fourth-order valence-electron chi connectivity index (χ4n) is 2.83. The number of rotatable bonds is 6. The highest BCUT2D eigenvalue weighted by atomic mass is 16.1. The van der Waals surface area contributed by atoms with Gasteiger partial charge in [0.25, 0.3) is 0 Å². The van der Waals surface area contributed by atoms with Crippen molar-refractivity contribution in [3.8, 4) is 0 Å². The quantitative estimate of drug-likeness (QED) is 0.759. The molecule has 1 N–H and O–H groups in total. The van der Waals surface area contributed by atoms with Gasteiger partial charge >= 0.3 is 0 Å². The molecule has 5 nitrogen and oxygen atoms in total. The minimum absolute atomic E-state index is 0.0224. The molecule has 5 heteroatoms. The van der Waals surface area contributed by atoms with Crippen molar-refractivity contribution in [1.29, 1.82) is 0 Å². The summed E-state index contributed by atoms with van der Waals surface area (Å²) < 4.78 is 1.75. The average molecular weight is 322 g/mol. The Labute approximate surface area is 141 Å². The van der Waals surface area contributed by atoms with E-state index in [4.69, 9.17) is 0 Å². The summed E-state index contributed by atoms with van der Waals surface area (Å²) in [5.41, 5.74) is 1.05. The highest BCUT2D eigenvalue weighted by molar-refractivity contribution is 5.90. The van der Waals surface area contributed by atoms with E-state index in [1.807, 2.05) is 30.5 Å². The molecule has 24 heavy (non-hydrogen) atoms. The van der Waals surface area contributed by atoms with Gasteiger partial charge in [0.05, 0.1) is 25.2 Å². The maximum absolute atomic E-state index is 12.5. The molecule has 1 heterocycles. The highest BCUT2D eigenvalue weighted by Gasteiger charge is 2.18. The van der Waals surface area contributed by atoms with Crippen molar-refractivity contribution in [3.63, 3.8) is 0 Å². The van der Waals surface area contributed by atoms with E-state index in [-0.39, 0.29) is 11.9 Å². The van der Waals surface area contributed by atoms with Gasteiger partial charge in [-0.25, -0.2) is 0 Å². The van der Waals surface area contributed by atoms with Gasteiger partial charge in [-0.1, -0.05) is 61.5 Å². The van der Waals surface area contributed by atoms with E-state index in [0.717, 1.165) is 16.3 Å². The number of nitrogens with one attached hydrogen (secondary N) is 1. The number of carbonyl (C=O) groups is 1. The van der Waals surface area contributed by atoms with Crippen LogP contribution in [0, 0.1) is 5.92 Å². The second kappa shape index (κ2) is 7.25. The van der Waals surface area contributed by atoms with Crippen molar-refractivity contribution in [2.75, 3.05) is 0 Å². The fourth-order valence-corrected chi connectivity index (χ4v) is 2.83. The molecule has 0 radical (unpaired) electrons. The van der Waals surface area contributed by atoms with Gasteiger partial charge in [0, 0.05) is 6.20 Å². The minimum Gasteiger partial charge on any atom is -0.351 e. The molecule has 0 saturated carbocycles. The number of fused-ring (bicyclic) bond motifs is 1. The van der Waals surface area contributed by atoms with E-state index < -0.39 is 0 Å². The van der Waals surface area contributed by atoms with Crippen LogP contribution in [0.5, 0.6) is 0 Å². The fraction of sp³-hybridized carbons (Fsp3) is 0.316. The lowest BCUT2D eigenvalue weighted by molar-refractivity contribution is -0.121. The molecule has 0 aliphatic heterocycles. The molecule has 1 unspecified atom stereocenters. The number of nitrogens with zero attached hydrogens (tertiary/aromatic N) is 3. The molecule has 0 fully saturated rings. The molecule has 0 spiro atoms. The van der Waals surface area contributed by atoms with E-state index in [9.17, 15) is 4.79 Å². The van der Waals surface area contributed by atoms with Crippen LogP contribution in [0.1, 0.15) is 19.4 Å². The molecular formula is C19H22N4O. The number of carbonyl (C=O) groups excluding carboxylic acids is 1. The van der Waals surface area contributed by atoms with Gasteiger partial charge in [0.2, 0.25) is 5.91 Å². The molecular weight excluding hydrogens is 300 g/mol. The summed E-state index contributed by atoms with van der Waals surface area (Å²) in [6.07, 6.45) is 3.84. The molecule has 1 atom stereocenters. The van der Waals surface area contributed by atoms with E-state index >= 15 is 0 Å². The number of amides is 1. The first-order valence-electron chi connectivity index (χ1n) is 8.23. The third-order valence-electron chi connectivity index (χ3n) is 4.24. The minimum atomic E-state index is 0.0224. The van der Waals surface area contributed by atoms with Crippen LogP contribution in [0.15, 0.2) is 54.9 Å². The molecule has 0 aliphatic rings. The second-order valence-electron chi connectivity index (χ2n) is 6.36. The lowest BCUT2D eigenvalue weighted by Gasteiger charge is -2.22. The summed E-state index contributed by atoms with van der Waals surface area (Å²) in [4.78, 5) is 12.5. The Kier molecular flexibility index (Phi) is 4.89. The van der Waals surface area contributed by atoms with Gasteiger partial charge < -0.3 is 5.32 Å². The predicted octanol–water partition coefficient (Wildman–Crippen LogP) is 2.81. The van der Waals surface area contributed by atoms with Crippen LogP contribution in [-0.4, -0.2) is 26.9 Å². The first-order valence-corrected chi connectivity index (χ1v) is 8.23. The predicted molar refractivity (Wildman–Crippen MR) is 94.4 cm³/mol. The van der Waals surface area contributed by atoms with Crippen molar-refractivity contribution in [1.82, 2.24) is 20.3 Å². The van der Waals surface area contributed by atoms with Gasteiger partial charge in [-0.05, 0) is 22.3 Å². The van der Waals surface area contributed by atoms with E-state index in [0.29, 0.717) is 18.9 Å². The second-order valence-corrected chi connectivity index (χ2v) is 6.36. The van der Waals surface area contributed by atoms with Gasteiger partial charge in [0.1, 0.15) is 0 Å². The average Bonchev–Trinajstić information content (AvgIpc) is 3.07. The first kappa shape index (κ1) is 16.2. The normalized spacial score (nSPS) is 12.5. The Morgan fingerprint density at radius 1 is 1.17 bits per heavy atom. The zero-order valence-electron chi connectivity index (χ0n) is 14.0. The first-order chi connectivity index (χ1) is 11.6. The molecule has 1 aromatic heterocycles. The Balaban J connectivity index is 1.71. The topological polar surface area (TPSA) is 59.8 Å². The molecule has 0 aliphatic carbocycles. The summed E-state index contributed by atoms with van der Waals surface area (Å²) >= 11 is 0. The summed E-state index contributed by atoms with van der Waals surface area (Å²) in [6.45, 7) is 4.82. The smallest absolute Gasteiger partial charge is 0.224 e. The SMILES string of the molecule is CC(C)C(Cn1ccnn1)NC(=O)Cc1cccc2ccccc12. The van der Waals surface area contributed by atoms with Gasteiger partial charge in [-0.2, -0.15) is 0 Å². The van der Waals surface area contributed by atoms with Crippen molar-refractivity contribution in [2.45, 2.75) is 32.9 Å². The van der Waals surface area contributed by atoms with Crippen molar-refractivity contribution in [2.24, 2.45) is 5.92 Å². The van der Waals surface area contributed by atoms with Crippen LogP contribution in [0.3, 0.4) is 0 Å². The van der Waals surface area contributed by atoms with Gasteiger partial charge in [-0.3, -0.25) is 9.48 Å². The third-order valence-corrected chi connectivity index (χ3v) is 4.24. The molecule has 3 aromatic rings. The number of benzene rings is 2. The molecule has 124 valence electrons. The van der Waals surface area contributed by atoms with Crippen LogP contribution < -0.4 is 5.32 Å². The van der Waals surface area contributed by atoms with Crippen LogP contribution in [-0.2, 0) is 17.8 Å². The lowest BCUT2D eigenvalue weighted by atomic mass is 10.0. The van der Waals surface area contributed by atoms with Crippen LogP contribution in [0.4, 0.5) is 0 Å². The zero-order valence-corrected chi connectivity index (χ0v) is 14.0. The van der Waals surface area contributed by atoms with Crippen molar-refractivity contribution in [3.05, 3.63) is 60.4 Å². The lowest BCUT2D eigenvalue weighted by Crippen LogP contribution is -2.42. The molecule has 1 amide bonds. The Morgan fingerprint density at radius 2 is 1.96 bits per heavy atom. The van der Waals surface area contributed by atoms with E-state index in [2.05, 4.69) is 47.7 Å². The summed E-state index contributed by atoms with van der Waals surface area (Å²) in [5, 5.41) is 13.2. The van der Waals surface area contributed by atoms with Crippen LogP contribution >= 0.6 is 0 Å². The standard InChI is InChI=1S/C19H22N4O/c1-14(2)18(13-23-11-10-20-22-23)21-19(24)12-16-8-5-7-15-6-3-4-9-17(15)16/h3-11,14,18H,12-13H2,1-2H3,(H,21,24). The number of hydrogen-bond donors (Lipinski definition) is 1. The molecule has 0 bridgehead atoms. The van der Waals surface area contributed by atoms with E-state index in [1.54, 1.807) is 10.9 Å². The zero-order chi connectivity index (χ0) is 16.9. The summed E-state index contributed by atoms with van der Waals surface area (Å²) in [6, 6.07) is 14.3. The van der Waals surface area contributed by atoms with Crippen LogP contribution in [0.25, 0.3) is 10.8 Å². The van der Waals surface area contributed by atoms with Crippen LogP contribution in [0.2, 0.25) is 0 Å². The summed E-state index contributed by atoms with van der Waals surface area (Å²) in [7, 11) is 0. The molecule has 3 rings (SSSR count).